The van der Waals surface area contributed by atoms with E-state index in [4.69, 9.17) is 23.9 Å². The van der Waals surface area contributed by atoms with Crippen molar-refractivity contribution in [2.24, 2.45) is 4.99 Å². The standard InChI is InChI=1S/C36H36N2O6/c1-38-15-13-25-18-29(41-2)33(39)36-32(25)28(38)17-22-4-6-23(7-5-22)20-43-35-30(42-3)19-24-12-14-37-27(31(24)34(35)40)16-21-8-10-26(44-36)11-9-21/h4-11,18-19,28,39-40H,12-17,20H2,1-3H3/t28-/m1/s1. The van der Waals surface area contributed by atoms with Crippen LogP contribution in [0.3, 0.4) is 0 Å². The van der Waals surface area contributed by atoms with Gasteiger partial charge >= 0.3 is 0 Å². The molecule has 4 aromatic rings. The highest BCUT2D eigenvalue weighted by atomic mass is 16.5. The zero-order valence-electron chi connectivity index (χ0n) is 25.2. The van der Waals surface area contributed by atoms with E-state index in [9.17, 15) is 10.2 Å². The molecule has 0 fully saturated rings. The topological polar surface area (TPSA) is 93.0 Å². The Morgan fingerprint density at radius 3 is 2.27 bits per heavy atom. The molecule has 6 bridgehead atoms. The van der Waals surface area contributed by atoms with Crippen molar-refractivity contribution < 1.29 is 29.2 Å². The first kappa shape index (κ1) is 28.1. The Morgan fingerprint density at radius 2 is 1.52 bits per heavy atom. The SMILES string of the molecule is COc1cc2c3c(c1O)Oc1ccc(cc1)CC1=NCCc4cc(OC)c(c(O)c41)OCc1ccc(cc1)C[C@H]3N(C)CC2. The second kappa shape index (κ2) is 11.4. The summed E-state index contributed by atoms with van der Waals surface area (Å²) in [4.78, 5) is 7.12. The van der Waals surface area contributed by atoms with Gasteiger partial charge in [0.05, 0.1) is 19.9 Å². The van der Waals surface area contributed by atoms with Gasteiger partial charge in [0, 0.05) is 36.7 Å². The summed E-state index contributed by atoms with van der Waals surface area (Å²) in [5.74, 6) is 2.34. The van der Waals surface area contributed by atoms with Crippen LogP contribution >= 0.6 is 0 Å². The molecule has 0 spiro atoms. The van der Waals surface area contributed by atoms with Crippen molar-refractivity contribution in [1.82, 2.24) is 4.90 Å². The van der Waals surface area contributed by atoms with E-state index in [0.29, 0.717) is 53.7 Å². The molecule has 8 heteroatoms. The number of likely N-dealkylation sites (N-methyl/N-ethyl adjacent to an activating group) is 1. The Hall–Kier alpha value is -4.69. The molecule has 6 aliphatic heterocycles. The van der Waals surface area contributed by atoms with Gasteiger partial charge in [-0.25, -0.2) is 0 Å². The summed E-state index contributed by atoms with van der Waals surface area (Å²) in [6.45, 7) is 1.78. The molecule has 0 amide bonds. The number of phenolic OH excluding ortho intramolecular Hbond substituents is 2. The molecule has 10 rings (SSSR count). The lowest BCUT2D eigenvalue weighted by atomic mass is 9.87. The lowest BCUT2D eigenvalue weighted by molar-refractivity contribution is 0.222. The second-order valence-corrected chi connectivity index (χ2v) is 11.7. The molecule has 8 nitrogen and oxygen atoms in total. The number of rotatable bonds is 2. The Morgan fingerprint density at radius 1 is 0.818 bits per heavy atom. The molecule has 226 valence electrons. The van der Waals surface area contributed by atoms with E-state index >= 15 is 0 Å². The normalized spacial score (nSPS) is 17.6. The van der Waals surface area contributed by atoms with E-state index in [1.807, 2.05) is 36.4 Å². The van der Waals surface area contributed by atoms with E-state index in [1.165, 1.54) is 0 Å². The van der Waals surface area contributed by atoms with Crippen LogP contribution in [-0.4, -0.2) is 55.2 Å². The number of aliphatic imine (C=N–C) groups is 1. The van der Waals surface area contributed by atoms with Gasteiger partial charge in [0.2, 0.25) is 11.5 Å². The molecular weight excluding hydrogens is 556 g/mol. The van der Waals surface area contributed by atoms with Crippen molar-refractivity contribution in [2.75, 3.05) is 34.4 Å². The first-order valence-corrected chi connectivity index (χ1v) is 15.0. The largest absolute Gasteiger partial charge is 0.504 e. The Bertz CT molecular complexity index is 1750. The monoisotopic (exact) mass is 592 g/mol. The van der Waals surface area contributed by atoms with Crippen LogP contribution in [0.25, 0.3) is 0 Å². The number of phenols is 2. The molecule has 2 N–H and O–H groups in total. The first-order chi connectivity index (χ1) is 21.4. The van der Waals surface area contributed by atoms with Crippen LogP contribution in [0.15, 0.2) is 65.7 Å². The van der Waals surface area contributed by atoms with E-state index in [1.54, 1.807) is 14.2 Å². The van der Waals surface area contributed by atoms with Crippen molar-refractivity contribution in [3.05, 3.63) is 99.6 Å². The minimum Gasteiger partial charge on any atom is -0.504 e. The van der Waals surface area contributed by atoms with Gasteiger partial charge in [-0.1, -0.05) is 36.4 Å². The second-order valence-electron chi connectivity index (χ2n) is 11.7. The lowest BCUT2D eigenvalue weighted by Gasteiger charge is -2.36. The fraction of sp³-hybridized carbons (Fsp3) is 0.306. The van der Waals surface area contributed by atoms with E-state index in [-0.39, 0.29) is 24.1 Å². The van der Waals surface area contributed by atoms with Gasteiger partial charge in [0.25, 0.3) is 0 Å². The highest BCUT2D eigenvalue weighted by Gasteiger charge is 2.33. The summed E-state index contributed by atoms with van der Waals surface area (Å²) < 4.78 is 23.9. The molecule has 0 aromatic heterocycles. The van der Waals surface area contributed by atoms with Crippen molar-refractivity contribution in [3.63, 3.8) is 0 Å². The molecule has 1 atom stereocenters. The quantitative estimate of drug-likeness (QED) is 0.288. The summed E-state index contributed by atoms with van der Waals surface area (Å²) in [5, 5.41) is 22.8. The molecule has 0 saturated carbocycles. The minimum absolute atomic E-state index is 0.000130. The Kier molecular flexibility index (Phi) is 7.30. The molecule has 4 aromatic carbocycles. The Labute approximate surface area is 257 Å². The van der Waals surface area contributed by atoms with Gasteiger partial charge in [0.1, 0.15) is 12.4 Å². The van der Waals surface area contributed by atoms with Gasteiger partial charge in [-0.05, 0) is 78.4 Å². The third-order valence-corrected chi connectivity index (χ3v) is 9.01. The maximum Gasteiger partial charge on any atom is 0.204 e. The smallest absolute Gasteiger partial charge is 0.204 e. The fourth-order valence-electron chi connectivity index (χ4n) is 6.61. The number of benzene rings is 4. The summed E-state index contributed by atoms with van der Waals surface area (Å²) in [6.07, 6.45) is 2.79. The minimum atomic E-state index is -0.0139. The number of aromatic hydroxyl groups is 2. The zero-order chi connectivity index (χ0) is 30.4. The molecule has 0 aliphatic carbocycles. The average Bonchev–Trinajstić information content (AvgIpc) is 3.04. The third kappa shape index (κ3) is 4.99. The van der Waals surface area contributed by atoms with Crippen LogP contribution < -0.4 is 18.9 Å². The van der Waals surface area contributed by atoms with Crippen LogP contribution in [0.1, 0.15) is 45.0 Å². The number of ether oxygens (including phenoxy) is 4. The van der Waals surface area contributed by atoms with Crippen molar-refractivity contribution >= 4 is 5.71 Å². The summed E-state index contributed by atoms with van der Waals surface area (Å²) in [7, 11) is 5.27. The number of hydrogen-bond acceptors (Lipinski definition) is 8. The number of hydrogen-bond donors (Lipinski definition) is 2. The summed E-state index contributed by atoms with van der Waals surface area (Å²) in [5.41, 5.74) is 7.73. The molecule has 0 radical (unpaired) electrons. The number of nitrogens with zero attached hydrogens (tertiary/aromatic N) is 2. The zero-order valence-corrected chi connectivity index (χ0v) is 25.2. The third-order valence-electron chi connectivity index (χ3n) is 9.01. The van der Waals surface area contributed by atoms with E-state index in [0.717, 1.165) is 58.5 Å². The molecule has 0 unspecified atom stereocenters. The first-order valence-electron chi connectivity index (χ1n) is 15.0. The van der Waals surface area contributed by atoms with Gasteiger partial charge in [0.15, 0.2) is 23.0 Å². The molecule has 44 heavy (non-hydrogen) atoms. The highest BCUT2D eigenvalue weighted by molar-refractivity contribution is 6.07. The van der Waals surface area contributed by atoms with E-state index < -0.39 is 0 Å². The highest BCUT2D eigenvalue weighted by Crippen LogP contribution is 2.49. The van der Waals surface area contributed by atoms with Crippen LogP contribution in [0, 0.1) is 0 Å². The summed E-state index contributed by atoms with van der Waals surface area (Å²) in [6, 6.07) is 20.0. The van der Waals surface area contributed by atoms with Gasteiger partial charge in [-0.2, -0.15) is 0 Å². The van der Waals surface area contributed by atoms with E-state index in [2.05, 4.69) is 36.2 Å². The van der Waals surface area contributed by atoms with Crippen LogP contribution in [0.5, 0.6) is 40.2 Å². The number of methoxy groups -OCH3 is 2. The predicted molar refractivity (Wildman–Crippen MR) is 168 cm³/mol. The molecular formula is C36H36N2O6. The van der Waals surface area contributed by atoms with Crippen LogP contribution in [0.4, 0.5) is 0 Å². The van der Waals surface area contributed by atoms with Crippen LogP contribution in [-0.2, 0) is 32.3 Å². The lowest BCUT2D eigenvalue weighted by Crippen LogP contribution is -2.33. The van der Waals surface area contributed by atoms with Gasteiger partial charge in [-0.15, -0.1) is 0 Å². The van der Waals surface area contributed by atoms with Gasteiger partial charge in [-0.3, -0.25) is 9.89 Å². The van der Waals surface area contributed by atoms with Gasteiger partial charge < -0.3 is 29.2 Å². The van der Waals surface area contributed by atoms with Crippen LogP contribution in [0.2, 0.25) is 0 Å². The Balaban J connectivity index is 1.36. The molecule has 0 saturated heterocycles. The average molecular weight is 593 g/mol. The van der Waals surface area contributed by atoms with Crippen molar-refractivity contribution in [1.29, 1.82) is 0 Å². The van der Waals surface area contributed by atoms with Crippen molar-refractivity contribution in [2.45, 2.75) is 38.3 Å². The molecule has 6 aliphatic rings. The maximum atomic E-state index is 11.5. The summed E-state index contributed by atoms with van der Waals surface area (Å²) >= 11 is 0. The fourth-order valence-corrected chi connectivity index (χ4v) is 6.61. The molecule has 6 heterocycles. The maximum absolute atomic E-state index is 11.5. The predicted octanol–water partition coefficient (Wildman–Crippen LogP) is 6.16. The van der Waals surface area contributed by atoms with Crippen molar-refractivity contribution in [3.8, 4) is 40.2 Å².